The first-order valence-corrected chi connectivity index (χ1v) is 7.00. The van der Waals surface area contributed by atoms with Gasteiger partial charge in [-0.15, -0.1) is 0 Å². The van der Waals surface area contributed by atoms with Crippen molar-refractivity contribution in [3.8, 4) is 5.75 Å². The van der Waals surface area contributed by atoms with E-state index in [9.17, 15) is 9.59 Å². The first-order valence-electron chi connectivity index (χ1n) is 7.00. The topological polar surface area (TPSA) is 52.6 Å². The summed E-state index contributed by atoms with van der Waals surface area (Å²) in [4.78, 5) is 22.6. The Hall–Kier alpha value is -2.62. The van der Waals surface area contributed by atoms with Crippen LogP contribution in [0.3, 0.4) is 0 Å². The third-order valence-electron chi connectivity index (χ3n) is 3.10. The summed E-state index contributed by atoms with van der Waals surface area (Å²) in [5.41, 5.74) is 2.27. The van der Waals surface area contributed by atoms with E-state index in [4.69, 9.17) is 9.47 Å². The van der Waals surface area contributed by atoms with Crippen molar-refractivity contribution in [2.24, 2.45) is 0 Å². The highest BCUT2D eigenvalue weighted by atomic mass is 16.5. The Labute approximate surface area is 129 Å². The van der Waals surface area contributed by atoms with Crippen LogP contribution in [0.25, 0.3) is 0 Å². The van der Waals surface area contributed by atoms with E-state index in [1.165, 1.54) is 13.8 Å². The van der Waals surface area contributed by atoms with Crippen LogP contribution < -0.4 is 4.74 Å². The Kier molecular flexibility index (Phi) is 5.31. The number of esters is 1. The van der Waals surface area contributed by atoms with Gasteiger partial charge in [-0.1, -0.05) is 36.4 Å². The van der Waals surface area contributed by atoms with Crippen molar-refractivity contribution in [2.75, 3.05) is 0 Å². The lowest BCUT2D eigenvalue weighted by Crippen LogP contribution is -2.04. The SMILES string of the molecule is CC(=O)OCc1ccc(OCc2ccccc2)c(C(C)=O)c1. The highest BCUT2D eigenvalue weighted by molar-refractivity contribution is 5.97. The number of carbonyl (C=O) groups excluding carboxylic acids is 2. The van der Waals surface area contributed by atoms with Gasteiger partial charge in [-0.05, 0) is 30.2 Å². The van der Waals surface area contributed by atoms with Crippen LogP contribution in [-0.2, 0) is 22.7 Å². The van der Waals surface area contributed by atoms with Gasteiger partial charge in [-0.25, -0.2) is 0 Å². The summed E-state index contributed by atoms with van der Waals surface area (Å²) in [5, 5.41) is 0. The standard InChI is InChI=1S/C18H18O4/c1-13(19)17-10-16(12-21-14(2)20)8-9-18(17)22-11-15-6-4-3-5-7-15/h3-10H,11-12H2,1-2H3. The minimum Gasteiger partial charge on any atom is -0.488 e. The van der Waals surface area contributed by atoms with Gasteiger partial charge in [-0.3, -0.25) is 9.59 Å². The van der Waals surface area contributed by atoms with Gasteiger partial charge in [0, 0.05) is 6.92 Å². The largest absolute Gasteiger partial charge is 0.488 e. The molecule has 0 amide bonds. The predicted octanol–water partition coefficient (Wildman–Crippen LogP) is 3.53. The Morgan fingerprint density at radius 3 is 2.27 bits per heavy atom. The van der Waals surface area contributed by atoms with Crippen LogP contribution in [0.5, 0.6) is 5.75 Å². The van der Waals surface area contributed by atoms with E-state index in [-0.39, 0.29) is 18.4 Å². The molecule has 0 aliphatic carbocycles. The Morgan fingerprint density at radius 2 is 1.64 bits per heavy atom. The molecular formula is C18H18O4. The lowest BCUT2D eigenvalue weighted by molar-refractivity contribution is -0.142. The quantitative estimate of drug-likeness (QED) is 0.604. The van der Waals surface area contributed by atoms with Gasteiger partial charge in [-0.2, -0.15) is 0 Å². The zero-order chi connectivity index (χ0) is 15.9. The smallest absolute Gasteiger partial charge is 0.302 e. The maximum absolute atomic E-state index is 11.8. The van der Waals surface area contributed by atoms with E-state index < -0.39 is 0 Å². The molecular weight excluding hydrogens is 280 g/mol. The highest BCUT2D eigenvalue weighted by Crippen LogP contribution is 2.22. The van der Waals surface area contributed by atoms with Crippen LogP contribution in [0.1, 0.15) is 35.3 Å². The molecule has 0 atom stereocenters. The number of Topliss-reactive ketones (excluding diaryl/α,β-unsaturated/α-hetero) is 1. The lowest BCUT2D eigenvalue weighted by Gasteiger charge is -2.12. The summed E-state index contributed by atoms with van der Waals surface area (Å²) in [6.45, 7) is 3.38. The molecule has 0 N–H and O–H groups in total. The van der Waals surface area contributed by atoms with Crippen LogP contribution in [-0.4, -0.2) is 11.8 Å². The summed E-state index contributed by atoms with van der Waals surface area (Å²) in [6.07, 6.45) is 0. The van der Waals surface area contributed by atoms with Crippen LogP contribution in [0.2, 0.25) is 0 Å². The summed E-state index contributed by atoms with van der Waals surface area (Å²) in [5.74, 6) is 0.0874. The fourth-order valence-electron chi connectivity index (χ4n) is 1.99. The van der Waals surface area contributed by atoms with E-state index in [2.05, 4.69) is 0 Å². The average molecular weight is 298 g/mol. The van der Waals surface area contributed by atoms with Crippen molar-refractivity contribution in [1.29, 1.82) is 0 Å². The highest BCUT2D eigenvalue weighted by Gasteiger charge is 2.10. The molecule has 4 heteroatoms. The first-order chi connectivity index (χ1) is 10.6. The molecule has 0 aliphatic heterocycles. The van der Waals surface area contributed by atoms with E-state index in [0.29, 0.717) is 17.9 Å². The molecule has 0 radical (unpaired) electrons. The number of carbonyl (C=O) groups is 2. The van der Waals surface area contributed by atoms with E-state index >= 15 is 0 Å². The minimum absolute atomic E-state index is 0.0901. The molecule has 2 rings (SSSR count). The molecule has 0 saturated carbocycles. The van der Waals surface area contributed by atoms with Crippen molar-refractivity contribution in [3.05, 3.63) is 65.2 Å². The molecule has 0 spiro atoms. The zero-order valence-electron chi connectivity index (χ0n) is 12.7. The van der Waals surface area contributed by atoms with Crippen molar-refractivity contribution in [1.82, 2.24) is 0 Å². The molecule has 0 aromatic heterocycles. The number of hydrogen-bond acceptors (Lipinski definition) is 4. The third-order valence-corrected chi connectivity index (χ3v) is 3.10. The van der Waals surface area contributed by atoms with Gasteiger partial charge < -0.3 is 9.47 Å². The molecule has 2 aromatic rings. The molecule has 22 heavy (non-hydrogen) atoms. The Bertz CT molecular complexity index is 662. The van der Waals surface area contributed by atoms with Gasteiger partial charge in [0.1, 0.15) is 19.0 Å². The normalized spacial score (nSPS) is 10.1. The van der Waals surface area contributed by atoms with Crippen LogP contribution >= 0.6 is 0 Å². The Morgan fingerprint density at radius 1 is 0.909 bits per heavy atom. The van der Waals surface area contributed by atoms with Gasteiger partial charge in [0.05, 0.1) is 5.56 Å². The number of ether oxygens (including phenoxy) is 2. The van der Waals surface area contributed by atoms with Crippen LogP contribution in [0.15, 0.2) is 48.5 Å². The third kappa shape index (κ3) is 4.45. The van der Waals surface area contributed by atoms with Crippen molar-refractivity contribution in [3.63, 3.8) is 0 Å². The second kappa shape index (κ2) is 7.41. The zero-order valence-corrected chi connectivity index (χ0v) is 12.7. The summed E-state index contributed by atoms with van der Waals surface area (Å²) in [6, 6.07) is 15.0. The van der Waals surface area contributed by atoms with Crippen LogP contribution in [0, 0.1) is 0 Å². The second-order valence-corrected chi connectivity index (χ2v) is 4.94. The predicted molar refractivity (Wildman–Crippen MR) is 82.7 cm³/mol. The van der Waals surface area contributed by atoms with Gasteiger partial charge >= 0.3 is 5.97 Å². The van der Waals surface area contributed by atoms with Gasteiger partial charge in [0.15, 0.2) is 5.78 Å². The molecule has 0 aliphatic rings. The van der Waals surface area contributed by atoms with Crippen molar-refractivity contribution >= 4 is 11.8 Å². The summed E-state index contributed by atoms with van der Waals surface area (Å²) in [7, 11) is 0. The summed E-state index contributed by atoms with van der Waals surface area (Å²) >= 11 is 0. The van der Waals surface area contributed by atoms with Crippen LogP contribution in [0.4, 0.5) is 0 Å². The average Bonchev–Trinajstić information content (AvgIpc) is 2.52. The van der Waals surface area contributed by atoms with Gasteiger partial charge in [0.25, 0.3) is 0 Å². The number of hydrogen-bond donors (Lipinski definition) is 0. The molecule has 0 unspecified atom stereocenters. The van der Waals surface area contributed by atoms with E-state index in [0.717, 1.165) is 11.1 Å². The fourth-order valence-corrected chi connectivity index (χ4v) is 1.99. The maximum Gasteiger partial charge on any atom is 0.302 e. The molecule has 114 valence electrons. The van der Waals surface area contributed by atoms with Crippen molar-refractivity contribution < 1.29 is 19.1 Å². The maximum atomic E-state index is 11.8. The Balaban J connectivity index is 2.13. The fraction of sp³-hybridized carbons (Fsp3) is 0.222. The van der Waals surface area contributed by atoms with Crippen molar-refractivity contribution in [2.45, 2.75) is 27.1 Å². The molecule has 0 bridgehead atoms. The lowest BCUT2D eigenvalue weighted by atomic mass is 10.1. The second-order valence-electron chi connectivity index (χ2n) is 4.94. The molecule has 0 heterocycles. The number of ketones is 1. The minimum atomic E-state index is -0.353. The molecule has 0 saturated heterocycles. The van der Waals surface area contributed by atoms with Gasteiger partial charge in [0.2, 0.25) is 0 Å². The van der Waals surface area contributed by atoms with E-state index in [1.807, 2.05) is 30.3 Å². The summed E-state index contributed by atoms with van der Waals surface area (Å²) < 4.78 is 10.7. The van der Waals surface area contributed by atoms with E-state index in [1.54, 1.807) is 18.2 Å². The number of rotatable bonds is 6. The monoisotopic (exact) mass is 298 g/mol. The molecule has 2 aromatic carbocycles. The first kappa shape index (κ1) is 15.8. The molecule has 4 nitrogen and oxygen atoms in total. The molecule has 0 fully saturated rings. The number of benzene rings is 2.